The Hall–Kier alpha value is -2.10. The molecule has 0 radical (unpaired) electrons. The summed E-state index contributed by atoms with van der Waals surface area (Å²) in [5.74, 6) is -4.84. The van der Waals surface area contributed by atoms with E-state index < -0.39 is 45.2 Å². The number of benzene rings is 1. The van der Waals surface area contributed by atoms with Crippen LogP contribution in [0.1, 0.15) is 37.7 Å². The molecule has 5 rings (SSSR count). The number of imide groups is 2. The van der Waals surface area contributed by atoms with Crippen molar-refractivity contribution in [1.82, 2.24) is 9.80 Å². The molecule has 2 saturated heterocycles. The second-order valence-corrected chi connectivity index (χ2v) is 11.5. The number of fused-ring (bicyclic) bond motifs is 4. The number of phenols is 1. The van der Waals surface area contributed by atoms with Gasteiger partial charge in [-0.1, -0.05) is 40.6 Å². The minimum absolute atomic E-state index is 0.0927. The Morgan fingerprint density at radius 1 is 1.11 bits per heavy atom. The van der Waals surface area contributed by atoms with Gasteiger partial charge in [0.05, 0.1) is 24.4 Å². The number of nitrogens with zero attached hydrogens (tertiary/aromatic N) is 2. The van der Waals surface area contributed by atoms with E-state index in [-0.39, 0.29) is 47.2 Å². The molecule has 192 valence electrons. The molecule has 6 atom stereocenters. The van der Waals surface area contributed by atoms with Crippen molar-refractivity contribution in [2.24, 2.45) is 17.8 Å². The van der Waals surface area contributed by atoms with Crippen LogP contribution in [-0.2, 0) is 19.2 Å². The fourth-order valence-electron chi connectivity index (χ4n) is 6.58. The summed E-state index contributed by atoms with van der Waals surface area (Å²) in [6.07, 6.45) is 2.64. The highest BCUT2D eigenvalue weighted by atomic mass is 79.9. The number of ether oxygens (including phenoxy) is 1. The van der Waals surface area contributed by atoms with Gasteiger partial charge < -0.3 is 9.84 Å². The SMILES string of the molecule is CCCN1C(=O)[C@H]2[C@H](CC=C3[C@H]2C[C@@]2(Cl)C(=O)N(CBr)C(=O)[C@@]2(Cl)[C@H]3c2c(O)cccc2OC)C1=O. The molecule has 0 bridgehead atoms. The lowest BCUT2D eigenvalue weighted by Gasteiger charge is -2.51. The number of allylic oxidation sites excluding steroid dienone is 2. The zero-order valence-electron chi connectivity index (χ0n) is 19.7. The summed E-state index contributed by atoms with van der Waals surface area (Å²) in [6.45, 7) is 2.20. The first kappa shape index (κ1) is 25.5. The third-order valence-corrected chi connectivity index (χ3v) is 10.0. The molecule has 4 amide bonds. The number of hydrogen-bond donors (Lipinski definition) is 1. The topological polar surface area (TPSA) is 104 Å². The zero-order valence-corrected chi connectivity index (χ0v) is 22.8. The van der Waals surface area contributed by atoms with Crippen LogP contribution in [0.15, 0.2) is 29.8 Å². The maximum Gasteiger partial charge on any atom is 0.254 e. The van der Waals surface area contributed by atoms with Gasteiger partial charge in [-0.15, -0.1) is 23.2 Å². The number of halogens is 3. The van der Waals surface area contributed by atoms with Crippen LogP contribution < -0.4 is 4.74 Å². The lowest BCUT2D eigenvalue weighted by atomic mass is 9.56. The highest BCUT2D eigenvalue weighted by Gasteiger charge is 2.76. The molecule has 11 heteroatoms. The van der Waals surface area contributed by atoms with Gasteiger partial charge in [0.15, 0.2) is 9.75 Å². The van der Waals surface area contributed by atoms with E-state index in [1.165, 1.54) is 18.1 Å². The van der Waals surface area contributed by atoms with Crippen LogP contribution in [-0.4, -0.2) is 67.4 Å². The van der Waals surface area contributed by atoms with Gasteiger partial charge >= 0.3 is 0 Å². The predicted molar refractivity (Wildman–Crippen MR) is 135 cm³/mol. The molecule has 0 spiro atoms. The summed E-state index contributed by atoms with van der Waals surface area (Å²) in [7, 11) is 1.42. The van der Waals surface area contributed by atoms with E-state index >= 15 is 0 Å². The number of likely N-dealkylation sites (tertiary alicyclic amines) is 2. The molecule has 8 nitrogen and oxygen atoms in total. The fourth-order valence-corrected chi connectivity index (χ4v) is 7.99. The zero-order chi connectivity index (χ0) is 26.2. The number of rotatable bonds is 5. The number of amides is 4. The molecule has 1 saturated carbocycles. The van der Waals surface area contributed by atoms with Crippen molar-refractivity contribution in [3.05, 3.63) is 35.4 Å². The van der Waals surface area contributed by atoms with Crippen LogP contribution in [0.25, 0.3) is 0 Å². The highest BCUT2D eigenvalue weighted by molar-refractivity contribution is 9.09. The van der Waals surface area contributed by atoms with E-state index in [0.717, 1.165) is 4.90 Å². The Labute approximate surface area is 226 Å². The van der Waals surface area contributed by atoms with E-state index in [4.69, 9.17) is 27.9 Å². The van der Waals surface area contributed by atoms with Crippen molar-refractivity contribution in [3.63, 3.8) is 0 Å². The Kier molecular flexibility index (Phi) is 6.20. The maximum absolute atomic E-state index is 13.7. The molecule has 36 heavy (non-hydrogen) atoms. The standard InChI is InChI=1S/C25H25BrCl2N2O6/c1-3-9-29-20(32)13-8-7-12-14(17(13)21(29)33)10-24(27)22(34)30(11-26)23(35)25(24,28)19(12)18-15(31)5-4-6-16(18)36-2/h4-7,13-14,17,19,31H,3,8-11H2,1-2H3/t13-,14+,17-,19+,24+,25-/m0/s1. The first-order valence-corrected chi connectivity index (χ1v) is 13.7. The first-order valence-electron chi connectivity index (χ1n) is 11.8. The number of phenolic OH excluding ortho intramolecular Hbond substituents is 1. The summed E-state index contributed by atoms with van der Waals surface area (Å²) in [6, 6.07) is 4.66. The van der Waals surface area contributed by atoms with Gasteiger partial charge in [0.25, 0.3) is 11.8 Å². The molecule has 1 aromatic rings. The number of aromatic hydroxyl groups is 1. The van der Waals surface area contributed by atoms with Gasteiger partial charge in [0.2, 0.25) is 11.8 Å². The normalized spacial score (nSPS) is 35.5. The fraction of sp³-hybridized carbons (Fsp3) is 0.520. The molecule has 2 heterocycles. The van der Waals surface area contributed by atoms with E-state index in [9.17, 15) is 24.3 Å². The lowest BCUT2D eigenvalue weighted by Crippen LogP contribution is -2.60. The maximum atomic E-state index is 13.7. The molecule has 3 fully saturated rings. The Morgan fingerprint density at radius 2 is 1.83 bits per heavy atom. The van der Waals surface area contributed by atoms with Gasteiger partial charge in [-0.25, -0.2) is 0 Å². The van der Waals surface area contributed by atoms with Crippen molar-refractivity contribution in [2.45, 2.75) is 41.9 Å². The van der Waals surface area contributed by atoms with Crippen LogP contribution >= 0.6 is 39.1 Å². The number of hydrogen-bond acceptors (Lipinski definition) is 6. The van der Waals surface area contributed by atoms with Crippen LogP contribution in [0.5, 0.6) is 11.5 Å². The number of carbonyl (C=O) groups excluding carboxylic acids is 4. The average molecular weight is 600 g/mol. The highest BCUT2D eigenvalue weighted by Crippen LogP contribution is 2.67. The average Bonchev–Trinajstić information content (AvgIpc) is 3.18. The molecular formula is C25H25BrCl2N2O6. The van der Waals surface area contributed by atoms with E-state index in [0.29, 0.717) is 18.5 Å². The number of carbonyl (C=O) groups is 4. The summed E-state index contributed by atoms with van der Waals surface area (Å²) in [5.41, 5.74) is 0.712. The molecule has 1 aromatic carbocycles. The smallest absolute Gasteiger partial charge is 0.254 e. The number of alkyl halides is 3. The largest absolute Gasteiger partial charge is 0.508 e. The monoisotopic (exact) mass is 598 g/mol. The molecule has 2 aliphatic carbocycles. The molecule has 0 unspecified atom stereocenters. The van der Waals surface area contributed by atoms with Crippen LogP contribution in [0, 0.1) is 17.8 Å². The minimum Gasteiger partial charge on any atom is -0.508 e. The van der Waals surface area contributed by atoms with E-state index in [2.05, 4.69) is 15.9 Å². The summed E-state index contributed by atoms with van der Waals surface area (Å²) in [5, 5.41) is 11.0. The molecule has 1 N–H and O–H groups in total. The molecule has 0 aromatic heterocycles. The van der Waals surface area contributed by atoms with Crippen molar-refractivity contribution < 1.29 is 29.0 Å². The van der Waals surface area contributed by atoms with E-state index in [1.54, 1.807) is 12.1 Å². The third kappa shape index (κ3) is 3.05. The van der Waals surface area contributed by atoms with Crippen molar-refractivity contribution in [2.75, 3.05) is 19.1 Å². The lowest BCUT2D eigenvalue weighted by molar-refractivity contribution is -0.141. The molecular weight excluding hydrogens is 575 g/mol. The van der Waals surface area contributed by atoms with Crippen LogP contribution in [0.4, 0.5) is 0 Å². The Balaban J connectivity index is 1.76. The minimum atomic E-state index is -1.99. The van der Waals surface area contributed by atoms with Gasteiger partial charge in [-0.2, -0.15) is 0 Å². The third-order valence-electron chi connectivity index (χ3n) is 8.11. The quantitative estimate of drug-likeness (QED) is 0.240. The van der Waals surface area contributed by atoms with Crippen LogP contribution in [0.3, 0.4) is 0 Å². The summed E-state index contributed by atoms with van der Waals surface area (Å²) >= 11 is 17.5. The van der Waals surface area contributed by atoms with Crippen molar-refractivity contribution in [1.29, 1.82) is 0 Å². The molecule has 4 aliphatic rings. The van der Waals surface area contributed by atoms with Crippen molar-refractivity contribution in [3.8, 4) is 11.5 Å². The van der Waals surface area contributed by atoms with Gasteiger partial charge in [0, 0.05) is 18.0 Å². The first-order chi connectivity index (χ1) is 17.1. The second-order valence-electron chi connectivity index (χ2n) is 9.71. The molecule has 2 aliphatic heterocycles. The van der Waals surface area contributed by atoms with Gasteiger partial charge in [-0.3, -0.25) is 29.0 Å². The number of methoxy groups -OCH3 is 1. The summed E-state index contributed by atoms with van der Waals surface area (Å²) in [4.78, 5) is 52.3. The summed E-state index contributed by atoms with van der Waals surface area (Å²) < 4.78 is 5.54. The Morgan fingerprint density at radius 3 is 2.47 bits per heavy atom. The Bertz CT molecular complexity index is 1220. The van der Waals surface area contributed by atoms with Gasteiger partial charge in [-0.05, 0) is 37.3 Å². The van der Waals surface area contributed by atoms with E-state index in [1.807, 2.05) is 13.0 Å². The van der Waals surface area contributed by atoms with Crippen LogP contribution in [0.2, 0.25) is 0 Å². The predicted octanol–water partition coefficient (Wildman–Crippen LogP) is 3.52. The second kappa shape index (κ2) is 8.74. The van der Waals surface area contributed by atoms with Gasteiger partial charge in [0.1, 0.15) is 11.5 Å². The van der Waals surface area contributed by atoms with Crippen molar-refractivity contribution >= 4 is 62.8 Å².